The summed E-state index contributed by atoms with van der Waals surface area (Å²) in [5.74, 6) is -0.852. The van der Waals surface area contributed by atoms with E-state index in [0.717, 1.165) is 11.1 Å². The summed E-state index contributed by atoms with van der Waals surface area (Å²) in [7, 11) is 0. The minimum Gasteiger partial charge on any atom is -0.480 e. The Labute approximate surface area is 211 Å². The van der Waals surface area contributed by atoms with Crippen LogP contribution in [-0.2, 0) is 19.9 Å². The molecule has 2 unspecified atom stereocenters. The molecule has 2 aromatic carbocycles. The molecule has 8 nitrogen and oxygen atoms in total. The van der Waals surface area contributed by atoms with Gasteiger partial charge in [-0.15, -0.1) is 0 Å². The summed E-state index contributed by atoms with van der Waals surface area (Å²) in [6, 6.07) is 18.7. The van der Waals surface area contributed by atoms with E-state index in [1.807, 2.05) is 77.4 Å². The fourth-order valence-corrected chi connectivity index (χ4v) is 6.16. The van der Waals surface area contributed by atoms with Crippen LogP contribution in [0.4, 0.5) is 4.79 Å². The Morgan fingerprint density at radius 2 is 1.56 bits per heavy atom. The molecule has 3 aliphatic rings. The lowest BCUT2D eigenvalue weighted by atomic mass is 9.79. The Morgan fingerprint density at radius 3 is 2.08 bits per heavy atom. The molecule has 3 heterocycles. The van der Waals surface area contributed by atoms with Crippen LogP contribution in [0.2, 0.25) is 0 Å². The number of nitrogens with zero attached hydrogens (tertiary/aromatic N) is 3. The molecule has 2 amide bonds. The van der Waals surface area contributed by atoms with Crippen LogP contribution in [0.3, 0.4) is 0 Å². The van der Waals surface area contributed by atoms with Crippen molar-refractivity contribution in [3.05, 3.63) is 71.8 Å². The van der Waals surface area contributed by atoms with Crippen molar-refractivity contribution in [1.29, 1.82) is 0 Å². The quantitative estimate of drug-likeness (QED) is 0.668. The van der Waals surface area contributed by atoms with E-state index < -0.39 is 17.6 Å². The van der Waals surface area contributed by atoms with Crippen LogP contribution >= 0.6 is 0 Å². The van der Waals surface area contributed by atoms with Gasteiger partial charge in [0.1, 0.15) is 12.1 Å². The number of benzene rings is 2. The van der Waals surface area contributed by atoms with E-state index in [0.29, 0.717) is 52.0 Å². The number of carbonyl (C=O) groups is 3. The Balaban J connectivity index is 1.38. The van der Waals surface area contributed by atoms with Crippen molar-refractivity contribution >= 4 is 18.0 Å². The fraction of sp³-hybridized carbons (Fsp3) is 0.464. The molecule has 5 rings (SSSR count). The molecule has 3 fully saturated rings. The van der Waals surface area contributed by atoms with Crippen molar-refractivity contribution in [2.75, 3.05) is 32.7 Å². The lowest BCUT2D eigenvalue weighted by Crippen LogP contribution is -2.59. The molecule has 1 N–H and O–H groups in total. The lowest BCUT2D eigenvalue weighted by molar-refractivity contribution is -0.145. The number of hydrogen-bond acceptors (Lipinski definition) is 5. The maximum atomic E-state index is 13.6. The zero-order chi connectivity index (χ0) is 25.3. The van der Waals surface area contributed by atoms with E-state index in [1.54, 1.807) is 4.90 Å². The van der Waals surface area contributed by atoms with Gasteiger partial charge in [-0.1, -0.05) is 67.6 Å². The summed E-state index contributed by atoms with van der Waals surface area (Å²) in [5, 5.41) is 9.49. The molecule has 36 heavy (non-hydrogen) atoms. The molecule has 3 aliphatic heterocycles. The van der Waals surface area contributed by atoms with Crippen molar-refractivity contribution in [3.8, 4) is 0 Å². The number of likely N-dealkylation sites (tertiary alicyclic amines) is 1. The monoisotopic (exact) mass is 491 g/mol. The SMILES string of the molecule is CCC(C(=O)O)N1CCC(C(=O)N2CCN3C(=O)OC(c4ccccc4)(c4ccccc4)C3C2)CC1. The zero-order valence-electron chi connectivity index (χ0n) is 20.6. The molecule has 0 aliphatic carbocycles. The first-order chi connectivity index (χ1) is 17.5. The highest BCUT2D eigenvalue weighted by atomic mass is 16.6. The summed E-state index contributed by atoms with van der Waals surface area (Å²) < 4.78 is 6.20. The average Bonchev–Trinajstić information content (AvgIpc) is 3.22. The Bertz CT molecular complexity index is 1060. The Morgan fingerprint density at radius 1 is 0.972 bits per heavy atom. The summed E-state index contributed by atoms with van der Waals surface area (Å²) in [6.45, 7) is 4.37. The summed E-state index contributed by atoms with van der Waals surface area (Å²) in [6.07, 6.45) is 1.48. The Hall–Kier alpha value is -3.39. The molecule has 0 radical (unpaired) electrons. The minimum absolute atomic E-state index is 0.0899. The van der Waals surface area contributed by atoms with Gasteiger partial charge in [0.2, 0.25) is 5.91 Å². The number of ether oxygens (including phenoxy) is 1. The summed E-state index contributed by atoms with van der Waals surface area (Å²) >= 11 is 0. The van der Waals surface area contributed by atoms with Gasteiger partial charge < -0.3 is 14.7 Å². The van der Waals surface area contributed by atoms with Crippen molar-refractivity contribution < 1.29 is 24.2 Å². The van der Waals surface area contributed by atoms with Crippen LogP contribution < -0.4 is 0 Å². The number of aliphatic carboxylic acids is 1. The minimum atomic E-state index is -1.00. The predicted octanol–water partition coefficient (Wildman–Crippen LogP) is 3.17. The van der Waals surface area contributed by atoms with Gasteiger partial charge in [0.05, 0.1) is 0 Å². The third-order valence-electron chi connectivity index (χ3n) is 8.04. The molecule has 2 atom stereocenters. The number of hydrogen-bond donors (Lipinski definition) is 1. The van der Waals surface area contributed by atoms with Gasteiger partial charge in [0, 0.05) is 36.7 Å². The van der Waals surface area contributed by atoms with E-state index in [1.165, 1.54) is 0 Å². The molecule has 190 valence electrons. The van der Waals surface area contributed by atoms with Gasteiger partial charge in [-0.25, -0.2) is 4.79 Å². The molecular weight excluding hydrogens is 458 g/mol. The lowest BCUT2D eigenvalue weighted by Gasteiger charge is -2.44. The average molecular weight is 492 g/mol. The summed E-state index contributed by atoms with van der Waals surface area (Å²) in [4.78, 5) is 43.9. The maximum Gasteiger partial charge on any atom is 0.411 e. The number of piperidine rings is 1. The van der Waals surface area contributed by atoms with E-state index in [2.05, 4.69) is 0 Å². The number of carboxylic acids is 1. The van der Waals surface area contributed by atoms with Crippen molar-refractivity contribution in [1.82, 2.24) is 14.7 Å². The Kier molecular flexibility index (Phi) is 6.71. The molecule has 0 spiro atoms. The van der Waals surface area contributed by atoms with E-state index in [4.69, 9.17) is 4.74 Å². The van der Waals surface area contributed by atoms with Crippen molar-refractivity contribution in [2.24, 2.45) is 5.92 Å². The standard InChI is InChI=1S/C28H33N3O5/c1-2-23(26(33)34)29-15-13-20(14-16-29)25(32)30-17-18-31-24(19-30)28(36-27(31)35,21-9-5-3-6-10-21)22-11-7-4-8-12-22/h3-12,20,23-24H,2,13-19H2,1H3,(H,33,34). The third-order valence-corrected chi connectivity index (χ3v) is 8.04. The van der Waals surface area contributed by atoms with Crippen LogP contribution in [0.5, 0.6) is 0 Å². The maximum absolute atomic E-state index is 13.6. The number of fused-ring (bicyclic) bond motifs is 1. The number of piperazine rings is 1. The van der Waals surface area contributed by atoms with Gasteiger partial charge in [-0.3, -0.25) is 19.4 Å². The van der Waals surface area contributed by atoms with Crippen molar-refractivity contribution in [2.45, 2.75) is 43.9 Å². The molecule has 8 heteroatoms. The molecule has 0 saturated carbocycles. The van der Waals surface area contributed by atoms with E-state index >= 15 is 0 Å². The topological polar surface area (TPSA) is 90.4 Å². The van der Waals surface area contributed by atoms with Gasteiger partial charge >= 0.3 is 12.1 Å². The second-order valence-electron chi connectivity index (χ2n) is 9.90. The smallest absolute Gasteiger partial charge is 0.411 e. The largest absolute Gasteiger partial charge is 0.480 e. The van der Waals surface area contributed by atoms with Crippen molar-refractivity contribution in [3.63, 3.8) is 0 Å². The number of carboxylic acid groups (broad SMARTS) is 1. The first kappa shape index (κ1) is 24.3. The first-order valence-electron chi connectivity index (χ1n) is 12.8. The fourth-order valence-electron chi connectivity index (χ4n) is 6.16. The number of cyclic esters (lactones) is 1. The molecular formula is C28H33N3O5. The number of amides is 2. The highest BCUT2D eigenvalue weighted by Crippen LogP contribution is 2.46. The van der Waals surface area contributed by atoms with E-state index in [-0.39, 0.29) is 24.0 Å². The molecule has 2 aromatic rings. The predicted molar refractivity (Wildman–Crippen MR) is 133 cm³/mol. The highest BCUT2D eigenvalue weighted by molar-refractivity contribution is 5.80. The van der Waals surface area contributed by atoms with Crippen LogP contribution in [0.25, 0.3) is 0 Å². The first-order valence-corrected chi connectivity index (χ1v) is 12.8. The summed E-state index contributed by atoms with van der Waals surface area (Å²) in [5.41, 5.74) is 0.774. The van der Waals surface area contributed by atoms with Crippen LogP contribution in [0, 0.1) is 5.92 Å². The molecule has 0 bridgehead atoms. The van der Waals surface area contributed by atoms with Gasteiger partial charge in [-0.2, -0.15) is 0 Å². The van der Waals surface area contributed by atoms with Gasteiger partial charge in [-0.05, 0) is 32.4 Å². The number of carbonyl (C=O) groups excluding carboxylic acids is 2. The zero-order valence-corrected chi connectivity index (χ0v) is 20.6. The third kappa shape index (κ3) is 4.13. The van der Waals surface area contributed by atoms with E-state index in [9.17, 15) is 19.5 Å². The normalized spacial score (nSPS) is 23.1. The van der Waals surface area contributed by atoms with Crippen LogP contribution in [0.1, 0.15) is 37.3 Å². The van der Waals surface area contributed by atoms with Crippen LogP contribution in [-0.4, -0.2) is 82.6 Å². The second-order valence-corrected chi connectivity index (χ2v) is 9.90. The molecule has 3 saturated heterocycles. The molecule has 0 aromatic heterocycles. The van der Waals surface area contributed by atoms with Gasteiger partial charge in [0.25, 0.3) is 0 Å². The number of rotatable bonds is 6. The highest BCUT2D eigenvalue weighted by Gasteiger charge is 2.58. The van der Waals surface area contributed by atoms with Gasteiger partial charge in [0.15, 0.2) is 5.60 Å². The second kappa shape index (κ2) is 9.93. The van der Waals surface area contributed by atoms with Crippen LogP contribution in [0.15, 0.2) is 60.7 Å².